The van der Waals surface area contributed by atoms with Crippen LogP contribution in [-0.2, 0) is 0 Å². The molecule has 0 aliphatic rings. The first-order valence-electron chi connectivity index (χ1n) is 6.73. The molecule has 2 aromatic rings. The number of hydrogen-bond donors (Lipinski definition) is 1. The molecule has 0 fully saturated rings. The van der Waals surface area contributed by atoms with Crippen molar-refractivity contribution in [2.75, 3.05) is 7.05 Å². The molecule has 2 nitrogen and oxygen atoms in total. The maximum atomic E-state index is 14.1. The minimum Gasteiger partial charge on any atom is -0.454 e. The molecule has 2 aromatic carbocycles. The lowest BCUT2D eigenvalue weighted by Gasteiger charge is -2.14. The summed E-state index contributed by atoms with van der Waals surface area (Å²) in [6, 6.07) is 11.0. The Morgan fingerprint density at radius 2 is 1.85 bits per heavy atom. The Morgan fingerprint density at radius 1 is 1.10 bits per heavy atom. The van der Waals surface area contributed by atoms with Crippen LogP contribution in [0.2, 0.25) is 0 Å². The summed E-state index contributed by atoms with van der Waals surface area (Å²) in [6.07, 6.45) is 0. The Bertz CT molecular complexity index is 610. The van der Waals surface area contributed by atoms with E-state index in [9.17, 15) is 4.39 Å². The third-order valence-electron chi connectivity index (χ3n) is 3.66. The summed E-state index contributed by atoms with van der Waals surface area (Å²) in [4.78, 5) is 0. The maximum Gasteiger partial charge on any atom is 0.166 e. The van der Waals surface area contributed by atoms with Gasteiger partial charge in [-0.15, -0.1) is 0 Å². The molecule has 0 amide bonds. The number of nitrogens with one attached hydrogen (secondary N) is 1. The first kappa shape index (κ1) is 14.5. The third kappa shape index (κ3) is 2.99. The van der Waals surface area contributed by atoms with Gasteiger partial charge < -0.3 is 10.1 Å². The van der Waals surface area contributed by atoms with Crippen molar-refractivity contribution < 1.29 is 9.13 Å². The van der Waals surface area contributed by atoms with Gasteiger partial charge in [-0.05, 0) is 62.7 Å². The molecule has 1 N–H and O–H groups in total. The van der Waals surface area contributed by atoms with Crippen LogP contribution in [0.3, 0.4) is 0 Å². The van der Waals surface area contributed by atoms with Gasteiger partial charge >= 0.3 is 0 Å². The van der Waals surface area contributed by atoms with E-state index in [0.29, 0.717) is 5.75 Å². The van der Waals surface area contributed by atoms with Crippen molar-refractivity contribution in [1.82, 2.24) is 5.32 Å². The second-order valence-electron chi connectivity index (χ2n) is 5.00. The fourth-order valence-corrected chi connectivity index (χ4v) is 1.99. The lowest BCUT2D eigenvalue weighted by Crippen LogP contribution is -2.12. The van der Waals surface area contributed by atoms with E-state index < -0.39 is 0 Å². The van der Waals surface area contributed by atoms with Crippen molar-refractivity contribution in [2.24, 2.45) is 0 Å². The fourth-order valence-electron chi connectivity index (χ4n) is 1.99. The smallest absolute Gasteiger partial charge is 0.166 e. The van der Waals surface area contributed by atoms with E-state index >= 15 is 0 Å². The average molecular weight is 273 g/mol. The predicted octanol–water partition coefficient (Wildman–Crippen LogP) is 4.52. The number of hydrogen-bond acceptors (Lipinski definition) is 2. The first-order chi connectivity index (χ1) is 9.52. The minimum absolute atomic E-state index is 0.110. The van der Waals surface area contributed by atoms with E-state index in [0.717, 1.165) is 16.7 Å². The van der Waals surface area contributed by atoms with Crippen molar-refractivity contribution >= 4 is 0 Å². The van der Waals surface area contributed by atoms with E-state index in [2.05, 4.69) is 5.32 Å². The monoisotopic (exact) mass is 273 g/mol. The molecule has 0 bridgehead atoms. The van der Waals surface area contributed by atoms with E-state index in [-0.39, 0.29) is 17.6 Å². The van der Waals surface area contributed by atoms with Gasteiger partial charge in [0.2, 0.25) is 0 Å². The van der Waals surface area contributed by atoms with E-state index in [1.165, 1.54) is 6.07 Å². The molecule has 0 saturated carbocycles. The highest BCUT2D eigenvalue weighted by Crippen LogP contribution is 2.30. The number of ether oxygens (including phenoxy) is 1. The van der Waals surface area contributed by atoms with Crippen molar-refractivity contribution in [2.45, 2.75) is 26.8 Å². The number of rotatable bonds is 4. The second-order valence-corrected chi connectivity index (χ2v) is 5.00. The van der Waals surface area contributed by atoms with Crippen molar-refractivity contribution in [3.8, 4) is 11.5 Å². The Balaban J connectivity index is 2.28. The molecule has 0 heterocycles. The highest BCUT2D eigenvalue weighted by atomic mass is 19.1. The molecule has 3 heteroatoms. The van der Waals surface area contributed by atoms with Crippen LogP contribution in [0, 0.1) is 19.7 Å². The Morgan fingerprint density at radius 3 is 2.50 bits per heavy atom. The van der Waals surface area contributed by atoms with Gasteiger partial charge in [-0.25, -0.2) is 4.39 Å². The molecule has 0 aromatic heterocycles. The van der Waals surface area contributed by atoms with E-state index in [4.69, 9.17) is 4.74 Å². The molecule has 0 aliphatic carbocycles. The third-order valence-corrected chi connectivity index (χ3v) is 3.66. The van der Waals surface area contributed by atoms with Gasteiger partial charge in [0.1, 0.15) is 5.75 Å². The average Bonchev–Trinajstić information content (AvgIpc) is 2.45. The Kier molecular flexibility index (Phi) is 4.40. The van der Waals surface area contributed by atoms with Crippen LogP contribution in [0.1, 0.15) is 29.7 Å². The van der Waals surface area contributed by atoms with Gasteiger partial charge in [0.25, 0.3) is 0 Å². The fraction of sp³-hybridized carbons (Fsp3) is 0.294. The molecule has 20 heavy (non-hydrogen) atoms. The van der Waals surface area contributed by atoms with Crippen molar-refractivity contribution in [3.63, 3.8) is 0 Å². The van der Waals surface area contributed by atoms with Gasteiger partial charge in [0, 0.05) is 6.04 Å². The van der Waals surface area contributed by atoms with Crippen LogP contribution in [0.25, 0.3) is 0 Å². The quantitative estimate of drug-likeness (QED) is 0.884. The molecule has 0 radical (unpaired) electrons. The molecule has 1 unspecified atom stereocenters. The predicted molar refractivity (Wildman–Crippen MR) is 79.9 cm³/mol. The Hall–Kier alpha value is -1.87. The Labute approximate surface area is 119 Å². The van der Waals surface area contributed by atoms with Gasteiger partial charge in [-0.2, -0.15) is 0 Å². The van der Waals surface area contributed by atoms with Crippen LogP contribution in [0.5, 0.6) is 11.5 Å². The highest BCUT2D eigenvalue weighted by molar-refractivity contribution is 5.42. The summed E-state index contributed by atoms with van der Waals surface area (Å²) in [5.74, 6) is 0.606. The normalized spacial score (nSPS) is 12.2. The zero-order chi connectivity index (χ0) is 14.7. The zero-order valence-electron chi connectivity index (χ0n) is 12.3. The van der Waals surface area contributed by atoms with E-state index in [1.807, 2.05) is 52.1 Å². The van der Waals surface area contributed by atoms with Crippen LogP contribution >= 0.6 is 0 Å². The van der Waals surface area contributed by atoms with Gasteiger partial charge in [-0.1, -0.05) is 18.2 Å². The lowest BCUT2D eigenvalue weighted by molar-refractivity contribution is 0.437. The van der Waals surface area contributed by atoms with Gasteiger partial charge in [0.15, 0.2) is 11.6 Å². The minimum atomic E-state index is -0.342. The van der Waals surface area contributed by atoms with E-state index in [1.54, 1.807) is 6.07 Å². The van der Waals surface area contributed by atoms with Gasteiger partial charge in [-0.3, -0.25) is 0 Å². The number of benzene rings is 2. The van der Waals surface area contributed by atoms with Crippen molar-refractivity contribution in [1.29, 1.82) is 0 Å². The molecule has 2 rings (SSSR count). The summed E-state index contributed by atoms with van der Waals surface area (Å²) in [5, 5.41) is 3.09. The number of halogens is 1. The number of aryl methyl sites for hydroxylation is 1. The van der Waals surface area contributed by atoms with Crippen molar-refractivity contribution in [3.05, 3.63) is 58.9 Å². The maximum absolute atomic E-state index is 14.1. The molecule has 0 spiro atoms. The summed E-state index contributed by atoms with van der Waals surface area (Å²) in [5.41, 5.74) is 3.06. The van der Waals surface area contributed by atoms with Crippen LogP contribution < -0.4 is 10.1 Å². The standard InChI is InChI=1S/C17H20FNO/c1-11-6-5-7-16(12(11)2)20-17-9-8-14(10-15(17)18)13(3)19-4/h5-10,13,19H,1-4H3. The molecular formula is C17H20FNO. The molecule has 1 atom stereocenters. The summed E-state index contributed by atoms with van der Waals surface area (Å²) >= 11 is 0. The summed E-state index contributed by atoms with van der Waals surface area (Å²) in [7, 11) is 1.85. The highest BCUT2D eigenvalue weighted by Gasteiger charge is 2.11. The van der Waals surface area contributed by atoms with Crippen LogP contribution in [0.4, 0.5) is 4.39 Å². The first-order valence-corrected chi connectivity index (χ1v) is 6.73. The molecule has 106 valence electrons. The summed E-state index contributed by atoms with van der Waals surface area (Å²) < 4.78 is 19.8. The van der Waals surface area contributed by atoms with Crippen LogP contribution in [0.15, 0.2) is 36.4 Å². The topological polar surface area (TPSA) is 21.3 Å². The molecule has 0 saturated heterocycles. The summed E-state index contributed by atoms with van der Waals surface area (Å²) in [6.45, 7) is 5.97. The SMILES string of the molecule is CNC(C)c1ccc(Oc2cccc(C)c2C)c(F)c1. The van der Waals surface area contributed by atoms with Gasteiger partial charge in [0.05, 0.1) is 0 Å². The lowest BCUT2D eigenvalue weighted by atomic mass is 10.1. The second kappa shape index (κ2) is 6.06. The largest absolute Gasteiger partial charge is 0.454 e. The zero-order valence-corrected chi connectivity index (χ0v) is 12.3. The van der Waals surface area contributed by atoms with Crippen LogP contribution in [-0.4, -0.2) is 7.05 Å². The molecule has 0 aliphatic heterocycles. The molecular weight excluding hydrogens is 253 g/mol.